The molecule has 0 amide bonds. The van der Waals surface area contributed by atoms with Crippen molar-refractivity contribution in [1.82, 2.24) is 0 Å². The second kappa shape index (κ2) is 8.59. The summed E-state index contributed by atoms with van der Waals surface area (Å²) in [6.07, 6.45) is 0. The predicted octanol–water partition coefficient (Wildman–Crippen LogP) is 4.61. The SMILES string of the molecule is CC(C)P(=O)(c1ccc[cH-]1)C(C)C.[Fe+2].c1cc[cH-]c1. The van der Waals surface area contributed by atoms with E-state index in [9.17, 15) is 4.57 Å². The molecule has 0 heterocycles. The molecule has 2 aromatic carbocycles. The summed E-state index contributed by atoms with van der Waals surface area (Å²) in [7, 11) is -2.17. The molecule has 0 aliphatic carbocycles. The third-order valence-electron chi connectivity index (χ3n) is 3.14. The third-order valence-corrected chi connectivity index (χ3v) is 7.31. The molecule has 0 saturated carbocycles. The van der Waals surface area contributed by atoms with Crippen molar-refractivity contribution in [3.63, 3.8) is 0 Å². The van der Waals surface area contributed by atoms with Crippen LogP contribution >= 0.6 is 7.14 Å². The summed E-state index contributed by atoms with van der Waals surface area (Å²) in [6, 6.07) is 17.9. The second-order valence-corrected chi connectivity index (χ2v) is 9.00. The van der Waals surface area contributed by atoms with Gasteiger partial charge in [0.1, 0.15) is 0 Å². The van der Waals surface area contributed by atoms with Gasteiger partial charge in [-0.2, -0.15) is 30.3 Å². The van der Waals surface area contributed by atoms with Gasteiger partial charge in [0.05, 0.1) is 7.14 Å². The largest absolute Gasteiger partial charge is 2.00 e. The van der Waals surface area contributed by atoms with Crippen molar-refractivity contribution in [2.24, 2.45) is 0 Å². The van der Waals surface area contributed by atoms with Gasteiger partial charge in [0.15, 0.2) is 0 Å². The molecule has 0 N–H and O–H groups in total. The molecule has 3 heteroatoms. The maximum atomic E-state index is 12.7. The Labute approximate surface area is 128 Å². The first-order valence-electron chi connectivity index (χ1n) is 6.48. The molecule has 0 aliphatic heterocycles. The van der Waals surface area contributed by atoms with Crippen molar-refractivity contribution < 1.29 is 21.6 Å². The molecule has 0 atom stereocenters. The zero-order valence-electron chi connectivity index (χ0n) is 12.1. The topological polar surface area (TPSA) is 17.1 Å². The van der Waals surface area contributed by atoms with Crippen LogP contribution in [-0.2, 0) is 21.6 Å². The van der Waals surface area contributed by atoms with Crippen molar-refractivity contribution in [2.45, 2.75) is 39.0 Å². The smallest absolute Gasteiger partial charge is 0.320 e. The summed E-state index contributed by atoms with van der Waals surface area (Å²) >= 11 is 0. The number of hydrogen-bond donors (Lipinski definition) is 0. The van der Waals surface area contributed by atoms with Crippen LogP contribution in [0, 0.1) is 0 Å². The van der Waals surface area contributed by atoms with Crippen molar-refractivity contribution in [1.29, 1.82) is 0 Å². The Balaban J connectivity index is 0.000000454. The van der Waals surface area contributed by atoms with Gasteiger partial charge in [0.25, 0.3) is 0 Å². The molecule has 0 unspecified atom stereocenters. The molecule has 1 nitrogen and oxygen atoms in total. The Morgan fingerprint density at radius 3 is 1.74 bits per heavy atom. The van der Waals surface area contributed by atoms with Gasteiger partial charge in [0, 0.05) is 11.3 Å². The van der Waals surface area contributed by atoms with Crippen LogP contribution in [0.3, 0.4) is 0 Å². The third kappa shape index (κ3) is 4.80. The Morgan fingerprint density at radius 2 is 1.47 bits per heavy atom. The average Bonchev–Trinajstić information content (AvgIpc) is 3.02. The minimum Gasteiger partial charge on any atom is -0.320 e. The van der Waals surface area contributed by atoms with E-state index in [1.165, 1.54) is 0 Å². The number of hydrogen-bond acceptors (Lipinski definition) is 1. The molecule has 0 radical (unpaired) electrons. The molecule has 0 saturated heterocycles. The Kier molecular flexibility index (Phi) is 8.34. The van der Waals surface area contributed by atoms with E-state index in [0.717, 1.165) is 5.30 Å². The van der Waals surface area contributed by atoms with Crippen LogP contribution in [0.1, 0.15) is 27.7 Å². The Bertz CT molecular complexity index is 426. The molecule has 0 bridgehead atoms. The first kappa shape index (κ1) is 18.4. The maximum absolute atomic E-state index is 12.7. The van der Waals surface area contributed by atoms with Gasteiger partial charge in [-0.25, -0.2) is 24.3 Å². The van der Waals surface area contributed by atoms with Crippen molar-refractivity contribution in [3.05, 3.63) is 54.6 Å². The van der Waals surface area contributed by atoms with Crippen LogP contribution in [0.25, 0.3) is 0 Å². The van der Waals surface area contributed by atoms with Crippen molar-refractivity contribution >= 4 is 12.4 Å². The zero-order valence-corrected chi connectivity index (χ0v) is 14.1. The van der Waals surface area contributed by atoms with Gasteiger partial charge in [0.2, 0.25) is 0 Å². The number of rotatable bonds is 3. The molecule has 2 aromatic rings. The van der Waals surface area contributed by atoms with Crippen LogP contribution in [0.15, 0.2) is 54.6 Å². The monoisotopic (exact) mass is 318 g/mol. The molecular weight excluding hydrogens is 295 g/mol. The van der Waals surface area contributed by atoms with E-state index in [4.69, 9.17) is 0 Å². The Hall–Kier alpha value is -0.551. The first-order chi connectivity index (χ1) is 8.49. The molecule has 0 aromatic heterocycles. The zero-order chi connectivity index (χ0) is 13.6. The van der Waals surface area contributed by atoms with Gasteiger partial charge in [-0.1, -0.05) is 27.7 Å². The van der Waals surface area contributed by atoms with Gasteiger partial charge < -0.3 is 4.57 Å². The van der Waals surface area contributed by atoms with Crippen LogP contribution < -0.4 is 5.30 Å². The summed E-state index contributed by atoms with van der Waals surface area (Å²) in [6.45, 7) is 8.20. The summed E-state index contributed by atoms with van der Waals surface area (Å²) in [4.78, 5) is 0. The van der Waals surface area contributed by atoms with Crippen molar-refractivity contribution in [2.75, 3.05) is 0 Å². The van der Waals surface area contributed by atoms with Gasteiger partial charge in [-0.15, -0.1) is 5.30 Å². The normalized spacial score (nSPS) is 10.8. The van der Waals surface area contributed by atoms with Crippen LogP contribution in [-0.4, -0.2) is 11.3 Å². The fraction of sp³-hybridized carbons (Fsp3) is 0.375. The summed E-state index contributed by atoms with van der Waals surface area (Å²) in [5.74, 6) is 0. The van der Waals surface area contributed by atoms with E-state index < -0.39 is 7.14 Å². The summed E-state index contributed by atoms with van der Waals surface area (Å²) < 4.78 is 12.7. The van der Waals surface area contributed by atoms with Gasteiger partial charge >= 0.3 is 17.1 Å². The average molecular weight is 318 g/mol. The fourth-order valence-corrected chi connectivity index (χ4v) is 5.13. The summed E-state index contributed by atoms with van der Waals surface area (Å²) in [5, 5.41) is 1.04. The van der Waals surface area contributed by atoms with Gasteiger partial charge in [-0.05, 0) is 0 Å². The van der Waals surface area contributed by atoms with Crippen LogP contribution in [0.5, 0.6) is 0 Å². The van der Waals surface area contributed by atoms with E-state index in [1.54, 1.807) is 0 Å². The molecule has 19 heavy (non-hydrogen) atoms. The summed E-state index contributed by atoms with van der Waals surface area (Å²) in [5.41, 5.74) is 0.491. The molecule has 2 rings (SSSR count). The van der Waals surface area contributed by atoms with E-state index in [0.29, 0.717) is 0 Å². The van der Waals surface area contributed by atoms with Crippen LogP contribution in [0.2, 0.25) is 0 Å². The van der Waals surface area contributed by atoms with E-state index in [1.807, 2.05) is 82.3 Å². The van der Waals surface area contributed by atoms with Gasteiger partial charge in [-0.3, -0.25) is 0 Å². The fourth-order valence-electron chi connectivity index (χ4n) is 2.11. The van der Waals surface area contributed by atoms with E-state index in [2.05, 4.69) is 0 Å². The minimum atomic E-state index is -2.17. The maximum Gasteiger partial charge on any atom is 2.00 e. The molecule has 0 aliphatic rings. The second-order valence-electron chi connectivity index (χ2n) is 5.00. The van der Waals surface area contributed by atoms with Crippen LogP contribution in [0.4, 0.5) is 0 Å². The predicted molar refractivity (Wildman–Crippen MR) is 81.6 cm³/mol. The molecule has 106 valence electrons. The molecular formula is C16H23FeOP. The van der Waals surface area contributed by atoms with E-state index in [-0.39, 0.29) is 28.4 Å². The molecule has 0 spiro atoms. The van der Waals surface area contributed by atoms with Crippen molar-refractivity contribution in [3.8, 4) is 0 Å². The Morgan fingerprint density at radius 1 is 0.947 bits per heavy atom. The quantitative estimate of drug-likeness (QED) is 0.459. The van der Waals surface area contributed by atoms with E-state index >= 15 is 0 Å². The molecule has 0 fully saturated rings. The standard InChI is InChI=1S/C11H18OP.C5H5.Fe/c1-9(2)13(12,10(3)4)11-7-5-6-8-11;1-2-4-5-3-1;/h5-10H,1-4H3;1-5H;/q2*-1;+2. The first-order valence-corrected chi connectivity index (χ1v) is 8.32. The minimum absolute atomic E-state index is 0.